The Hall–Kier alpha value is -3.10. The summed E-state index contributed by atoms with van der Waals surface area (Å²) in [6, 6.07) is 7.82. The number of aromatic nitrogens is 3. The van der Waals surface area contributed by atoms with Gasteiger partial charge in [-0.05, 0) is 37.3 Å². The number of halogens is 1. The molecule has 1 aromatic carbocycles. The molecular formula is C26H27ClN6O5S2. The Balaban J connectivity index is 1.29. The number of thiazole rings is 1. The number of sulfonamides is 1. The topological polar surface area (TPSA) is 129 Å². The van der Waals surface area contributed by atoms with Crippen LogP contribution in [-0.2, 0) is 19.6 Å². The van der Waals surface area contributed by atoms with E-state index in [2.05, 4.69) is 15.0 Å². The van der Waals surface area contributed by atoms with Gasteiger partial charge in [0.25, 0.3) is 15.9 Å². The smallest absolute Gasteiger partial charge is 0.283 e. The molecule has 5 heterocycles. The normalized spacial score (nSPS) is 19.0. The molecule has 6 rings (SSSR count). The molecule has 1 unspecified atom stereocenters. The van der Waals surface area contributed by atoms with Crippen molar-refractivity contribution in [1.82, 2.24) is 29.1 Å². The van der Waals surface area contributed by atoms with E-state index in [0.29, 0.717) is 47.7 Å². The molecule has 1 N–H and O–H groups in total. The fraction of sp³-hybridized carbons (Fsp3) is 0.385. The van der Waals surface area contributed by atoms with Crippen molar-refractivity contribution < 1.29 is 22.7 Å². The number of H-pyrrole nitrogens is 1. The predicted octanol–water partition coefficient (Wildman–Crippen LogP) is 2.90. The summed E-state index contributed by atoms with van der Waals surface area (Å²) in [6.45, 7) is 3.86. The fourth-order valence-corrected chi connectivity index (χ4v) is 7.67. The molecule has 0 aliphatic carbocycles. The minimum Gasteiger partial charge on any atom is -0.378 e. The van der Waals surface area contributed by atoms with Gasteiger partial charge in [-0.3, -0.25) is 14.6 Å². The summed E-state index contributed by atoms with van der Waals surface area (Å²) in [4.78, 5) is 42.0. The first-order valence-electron chi connectivity index (χ1n) is 12.9. The second-order valence-corrected chi connectivity index (χ2v) is 13.3. The van der Waals surface area contributed by atoms with Gasteiger partial charge in [0.1, 0.15) is 5.03 Å². The average Bonchev–Trinajstić information content (AvgIpc) is 3.57. The van der Waals surface area contributed by atoms with E-state index in [-0.39, 0.29) is 47.9 Å². The van der Waals surface area contributed by atoms with Crippen LogP contribution in [0.25, 0.3) is 21.1 Å². The molecule has 2 amide bonds. The second kappa shape index (κ2) is 10.7. The largest absolute Gasteiger partial charge is 0.378 e. The van der Waals surface area contributed by atoms with Gasteiger partial charge < -0.3 is 19.5 Å². The van der Waals surface area contributed by atoms with Crippen LogP contribution in [0, 0.1) is 6.92 Å². The molecule has 2 saturated heterocycles. The Labute approximate surface area is 239 Å². The number of nitrogens with zero attached hydrogens (tertiary/aromatic N) is 5. The molecular weight excluding hydrogens is 576 g/mol. The van der Waals surface area contributed by atoms with E-state index in [9.17, 15) is 18.0 Å². The molecule has 14 heteroatoms. The van der Waals surface area contributed by atoms with Gasteiger partial charge in [0.2, 0.25) is 5.91 Å². The highest BCUT2D eigenvalue weighted by Crippen LogP contribution is 2.29. The van der Waals surface area contributed by atoms with E-state index in [4.69, 9.17) is 16.3 Å². The average molecular weight is 603 g/mol. The Bertz CT molecular complexity index is 1710. The Morgan fingerprint density at radius 3 is 2.75 bits per heavy atom. The first-order chi connectivity index (χ1) is 19.2. The van der Waals surface area contributed by atoms with Gasteiger partial charge in [-0.1, -0.05) is 11.6 Å². The molecule has 4 aromatic rings. The summed E-state index contributed by atoms with van der Waals surface area (Å²) < 4.78 is 34.9. The standard InChI is InChI=1S/C26H27ClN6O5S2/c1-16-10-21-22(14-28-16)39-25(30-21)26(35)33-5-4-32(15-19(33)13-24(34)31-6-8-38-9-7-31)40(36,37)23-12-17-11-18(27)2-3-20(17)29-23/h2-3,10-12,14,19,29H,4-9,13,15H2,1H3. The summed E-state index contributed by atoms with van der Waals surface area (Å²) in [5.74, 6) is -0.467. The van der Waals surface area contributed by atoms with Crippen molar-refractivity contribution >= 4 is 65.9 Å². The molecule has 210 valence electrons. The van der Waals surface area contributed by atoms with Crippen molar-refractivity contribution in [3.8, 4) is 0 Å². The van der Waals surface area contributed by atoms with E-state index in [1.165, 1.54) is 15.6 Å². The minimum atomic E-state index is -3.94. The lowest BCUT2D eigenvalue weighted by Gasteiger charge is -2.41. The molecule has 2 aliphatic heterocycles. The second-order valence-electron chi connectivity index (χ2n) is 9.89. The van der Waals surface area contributed by atoms with Crippen LogP contribution in [0.3, 0.4) is 0 Å². The Kier molecular flexibility index (Phi) is 7.25. The monoisotopic (exact) mass is 602 g/mol. The summed E-state index contributed by atoms with van der Waals surface area (Å²) in [5, 5.41) is 1.51. The van der Waals surface area contributed by atoms with Crippen LogP contribution in [-0.4, -0.2) is 101 Å². The number of amides is 2. The van der Waals surface area contributed by atoms with Crippen molar-refractivity contribution in [2.24, 2.45) is 0 Å². The lowest BCUT2D eigenvalue weighted by molar-refractivity contribution is -0.136. The van der Waals surface area contributed by atoms with Crippen LogP contribution >= 0.6 is 22.9 Å². The number of piperazine rings is 1. The van der Waals surface area contributed by atoms with Gasteiger partial charge in [0, 0.05) is 67.0 Å². The van der Waals surface area contributed by atoms with Crippen LogP contribution in [0.4, 0.5) is 0 Å². The molecule has 3 aromatic heterocycles. The fourth-order valence-electron chi connectivity index (χ4n) is 5.14. The van der Waals surface area contributed by atoms with Crippen molar-refractivity contribution in [3.05, 3.63) is 52.3 Å². The summed E-state index contributed by atoms with van der Waals surface area (Å²) in [5.41, 5.74) is 2.13. The maximum atomic E-state index is 13.7. The molecule has 0 spiro atoms. The Morgan fingerprint density at radius 1 is 1.15 bits per heavy atom. The lowest BCUT2D eigenvalue weighted by Crippen LogP contribution is -2.58. The lowest BCUT2D eigenvalue weighted by atomic mass is 10.1. The van der Waals surface area contributed by atoms with Gasteiger partial charge in [0.15, 0.2) is 5.01 Å². The van der Waals surface area contributed by atoms with E-state index in [1.807, 2.05) is 13.0 Å². The quantitative estimate of drug-likeness (QED) is 0.372. The number of hydrogen-bond donors (Lipinski definition) is 1. The summed E-state index contributed by atoms with van der Waals surface area (Å²) in [7, 11) is -3.94. The molecule has 0 bridgehead atoms. The number of nitrogens with one attached hydrogen (secondary N) is 1. The van der Waals surface area contributed by atoms with Crippen LogP contribution in [0.5, 0.6) is 0 Å². The maximum Gasteiger partial charge on any atom is 0.283 e. The highest BCUT2D eigenvalue weighted by molar-refractivity contribution is 7.89. The molecule has 2 aliphatic rings. The number of fused-ring (bicyclic) bond motifs is 2. The van der Waals surface area contributed by atoms with Crippen molar-refractivity contribution in [2.45, 2.75) is 24.4 Å². The highest BCUT2D eigenvalue weighted by atomic mass is 35.5. The number of pyridine rings is 1. The van der Waals surface area contributed by atoms with E-state index in [1.54, 1.807) is 40.3 Å². The van der Waals surface area contributed by atoms with Gasteiger partial charge in [-0.25, -0.2) is 13.4 Å². The zero-order valence-corrected chi connectivity index (χ0v) is 24.1. The molecule has 1 atom stereocenters. The number of carbonyl (C=O) groups is 2. The van der Waals surface area contributed by atoms with Crippen LogP contribution in [0.15, 0.2) is 41.6 Å². The zero-order chi connectivity index (χ0) is 28.0. The van der Waals surface area contributed by atoms with Crippen molar-refractivity contribution in [3.63, 3.8) is 0 Å². The summed E-state index contributed by atoms with van der Waals surface area (Å²) >= 11 is 7.33. The Morgan fingerprint density at radius 2 is 1.95 bits per heavy atom. The van der Waals surface area contributed by atoms with E-state index >= 15 is 0 Å². The first-order valence-corrected chi connectivity index (χ1v) is 15.5. The van der Waals surface area contributed by atoms with Gasteiger partial charge in [-0.15, -0.1) is 11.3 Å². The third kappa shape index (κ3) is 5.19. The number of carbonyl (C=O) groups excluding carboxylic acids is 2. The van der Waals surface area contributed by atoms with Gasteiger partial charge >= 0.3 is 0 Å². The zero-order valence-electron chi connectivity index (χ0n) is 21.7. The minimum absolute atomic E-state index is 0.00831. The highest BCUT2D eigenvalue weighted by Gasteiger charge is 2.39. The number of aromatic amines is 1. The van der Waals surface area contributed by atoms with Gasteiger partial charge in [-0.2, -0.15) is 4.31 Å². The third-order valence-corrected chi connectivity index (χ3v) is 10.3. The number of morpholine rings is 1. The van der Waals surface area contributed by atoms with Crippen LogP contribution < -0.4 is 0 Å². The number of rotatable bonds is 5. The van der Waals surface area contributed by atoms with Crippen LogP contribution in [0.1, 0.15) is 21.9 Å². The molecule has 0 saturated carbocycles. The first kappa shape index (κ1) is 27.1. The van der Waals surface area contributed by atoms with Crippen molar-refractivity contribution in [2.75, 3.05) is 45.9 Å². The van der Waals surface area contributed by atoms with E-state index < -0.39 is 16.1 Å². The van der Waals surface area contributed by atoms with Gasteiger partial charge in [0.05, 0.1) is 29.5 Å². The third-order valence-electron chi connectivity index (χ3n) is 7.25. The number of benzene rings is 1. The van der Waals surface area contributed by atoms with Crippen molar-refractivity contribution in [1.29, 1.82) is 0 Å². The molecule has 2 fully saturated rings. The number of ether oxygens (including phenoxy) is 1. The molecule has 11 nitrogen and oxygen atoms in total. The predicted molar refractivity (Wildman–Crippen MR) is 151 cm³/mol. The SMILES string of the molecule is Cc1cc2nc(C(=O)N3CCN(S(=O)(=O)c4cc5cc(Cl)ccc5[nH]4)CC3CC(=O)N3CCOCC3)sc2cn1. The van der Waals surface area contributed by atoms with E-state index in [0.717, 1.165) is 10.4 Å². The molecule has 40 heavy (non-hydrogen) atoms. The number of aryl methyl sites for hydroxylation is 1. The molecule has 0 radical (unpaired) electrons. The summed E-state index contributed by atoms with van der Waals surface area (Å²) in [6.07, 6.45) is 1.68. The number of hydrogen-bond acceptors (Lipinski definition) is 8. The van der Waals surface area contributed by atoms with Crippen LogP contribution in [0.2, 0.25) is 5.02 Å². The maximum absolute atomic E-state index is 13.7.